The van der Waals surface area contributed by atoms with Gasteiger partial charge in [0.1, 0.15) is 6.04 Å². The van der Waals surface area contributed by atoms with E-state index in [9.17, 15) is 19.7 Å². The van der Waals surface area contributed by atoms with Crippen LogP contribution in [0, 0.1) is 10.1 Å². The van der Waals surface area contributed by atoms with Gasteiger partial charge in [0.15, 0.2) is 0 Å². The molecule has 0 aromatic carbocycles. The van der Waals surface area contributed by atoms with Crippen LogP contribution in [0.15, 0.2) is 23.1 Å². The van der Waals surface area contributed by atoms with Crippen molar-refractivity contribution in [1.82, 2.24) is 4.57 Å². The first-order valence-electron chi connectivity index (χ1n) is 4.41. The molecule has 0 bridgehead atoms. The predicted molar refractivity (Wildman–Crippen MR) is 54.1 cm³/mol. The lowest BCUT2D eigenvalue weighted by Crippen LogP contribution is -2.28. The molecule has 0 saturated heterocycles. The number of nitro groups is 1. The Morgan fingerprint density at radius 3 is 2.69 bits per heavy atom. The number of methoxy groups -OCH3 is 1. The molecule has 0 spiro atoms. The number of aromatic nitrogens is 1. The molecule has 86 valence electrons. The number of carbonyl (C=O) groups is 1. The van der Waals surface area contributed by atoms with Gasteiger partial charge in [-0.05, 0) is 6.92 Å². The van der Waals surface area contributed by atoms with Crippen LogP contribution in [0.5, 0.6) is 0 Å². The lowest BCUT2D eigenvalue weighted by atomic mass is 10.3. The van der Waals surface area contributed by atoms with Crippen LogP contribution < -0.4 is 5.56 Å². The van der Waals surface area contributed by atoms with Crippen molar-refractivity contribution >= 4 is 11.7 Å². The zero-order valence-corrected chi connectivity index (χ0v) is 8.75. The summed E-state index contributed by atoms with van der Waals surface area (Å²) in [5.41, 5.74) is -0.751. The zero-order valence-electron chi connectivity index (χ0n) is 8.75. The number of carbonyl (C=O) groups excluding carboxylic acids is 1. The van der Waals surface area contributed by atoms with Crippen LogP contribution in [0.1, 0.15) is 13.0 Å². The molecular weight excluding hydrogens is 216 g/mol. The van der Waals surface area contributed by atoms with Crippen LogP contribution in [-0.2, 0) is 9.53 Å². The third-order valence-electron chi connectivity index (χ3n) is 2.09. The van der Waals surface area contributed by atoms with Gasteiger partial charge in [-0.2, -0.15) is 0 Å². The molecule has 1 atom stereocenters. The Kier molecular flexibility index (Phi) is 3.39. The number of rotatable bonds is 3. The maximum absolute atomic E-state index is 11.4. The molecule has 0 amide bonds. The topological polar surface area (TPSA) is 91.4 Å². The highest BCUT2D eigenvalue weighted by Crippen LogP contribution is 2.11. The third-order valence-corrected chi connectivity index (χ3v) is 2.09. The van der Waals surface area contributed by atoms with E-state index in [1.807, 2.05) is 0 Å². The van der Waals surface area contributed by atoms with Gasteiger partial charge in [-0.1, -0.05) is 0 Å². The van der Waals surface area contributed by atoms with Gasteiger partial charge < -0.3 is 4.74 Å². The summed E-state index contributed by atoms with van der Waals surface area (Å²) >= 11 is 0. The quantitative estimate of drug-likeness (QED) is 0.425. The Balaban J connectivity index is 3.22. The summed E-state index contributed by atoms with van der Waals surface area (Å²) in [6, 6.07) is 1.23. The fourth-order valence-corrected chi connectivity index (χ4v) is 1.19. The summed E-state index contributed by atoms with van der Waals surface area (Å²) in [6.07, 6.45) is 1.02. The highest BCUT2D eigenvalue weighted by molar-refractivity contribution is 5.73. The fourth-order valence-electron chi connectivity index (χ4n) is 1.19. The summed E-state index contributed by atoms with van der Waals surface area (Å²) in [4.78, 5) is 32.4. The van der Waals surface area contributed by atoms with Gasteiger partial charge in [0.2, 0.25) is 0 Å². The van der Waals surface area contributed by atoms with Gasteiger partial charge in [0.25, 0.3) is 11.2 Å². The second-order valence-electron chi connectivity index (χ2n) is 3.09. The van der Waals surface area contributed by atoms with Crippen LogP contribution in [0.4, 0.5) is 5.69 Å². The van der Waals surface area contributed by atoms with E-state index in [2.05, 4.69) is 4.74 Å². The second kappa shape index (κ2) is 4.56. The van der Waals surface area contributed by atoms with E-state index in [0.29, 0.717) is 0 Å². The molecule has 16 heavy (non-hydrogen) atoms. The highest BCUT2D eigenvalue weighted by atomic mass is 16.6. The van der Waals surface area contributed by atoms with Crippen LogP contribution in [-0.4, -0.2) is 22.6 Å². The average molecular weight is 226 g/mol. The van der Waals surface area contributed by atoms with Crippen molar-refractivity contribution in [3.05, 3.63) is 38.8 Å². The summed E-state index contributed by atoms with van der Waals surface area (Å²) in [6.45, 7) is 1.43. The summed E-state index contributed by atoms with van der Waals surface area (Å²) in [7, 11) is 1.18. The standard InChI is InChI=1S/C9H10N2O5/c1-6(9(13)16-2)10-5-7(11(14)15)3-4-8(10)12/h3-6H,1-2H3. The molecular formula is C9H10N2O5. The minimum Gasteiger partial charge on any atom is -0.467 e. The Bertz CT molecular complexity index is 479. The van der Waals surface area contributed by atoms with Crippen molar-refractivity contribution in [2.24, 2.45) is 0 Å². The van der Waals surface area contributed by atoms with Gasteiger partial charge in [0, 0.05) is 12.1 Å². The molecule has 0 N–H and O–H groups in total. The number of ether oxygens (including phenoxy) is 1. The van der Waals surface area contributed by atoms with Crippen LogP contribution in [0.3, 0.4) is 0 Å². The van der Waals surface area contributed by atoms with E-state index in [1.54, 1.807) is 0 Å². The third kappa shape index (κ3) is 2.25. The van der Waals surface area contributed by atoms with Crippen molar-refractivity contribution in [3.63, 3.8) is 0 Å². The molecule has 0 aliphatic rings. The van der Waals surface area contributed by atoms with Crippen LogP contribution in [0.2, 0.25) is 0 Å². The van der Waals surface area contributed by atoms with Gasteiger partial charge in [-0.25, -0.2) is 4.79 Å². The van der Waals surface area contributed by atoms with Crippen LogP contribution >= 0.6 is 0 Å². The van der Waals surface area contributed by atoms with Crippen molar-refractivity contribution in [2.75, 3.05) is 7.11 Å². The molecule has 1 aromatic heterocycles. The molecule has 0 radical (unpaired) electrons. The maximum Gasteiger partial charge on any atom is 0.328 e. The van der Waals surface area contributed by atoms with Crippen molar-refractivity contribution in [2.45, 2.75) is 13.0 Å². The monoisotopic (exact) mass is 226 g/mol. The molecule has 1 rings (SSSR count). The summed E-state index contributed by atoms with van der Waals surface area (Å²) in [5.74, 6) is -0.636. The Labute approximate surface area is 90.4 Å². The minimum atomic E-state index is -0.891. The highest BCUT2D eigenvalue weighted by Gasteiger charge is 2.18. The minimum absolute atomic E-state index is 0.254. The molecule has 0 aliphatic heterocycles. The van der Waals surface area contributed by atoms with E-state index in [1.165, 1.54) is 14.0 Å². The Morgan fingerprint density at radius 1 is 1.56 bits per heavy atom. The molecule has 1 heterocycles. The van der Waals surface area contributed by atoms with E-state index in [0.717, 1.165) is 22.9 Å². The lowest BCUT2D eigenvalue weighted by molar-refractivity contribution is -0.385. The normalized spacial score (nSPS) is 11.9. The number of pyridine rings is 1. The van der Waals surface area contributed by atoms with Gasteiger partial charge >= 0.3 is 5.97 Å². The van der Waals surface area contributed by atoms with Gasteiger partial charge in [-0.15, -0.1) is 0 Å². The Morgan fingerprint density at radius 2 is 2.19 bits per heavy atom. The summed E-state index contributed by atoms with van der Waals surface area (Å²) in [5, 5.41) is 10.5. The average Bonchev–Trinajstić information content (AvgIpc) is 2.27. The molecule has 7 nitrogen and oxygen atoms in total. The van der Waals surface area contributed by atoms with E-state index in [4.69, 9.17) is 0 Å². The molecule has 1 aromatic rings. The number of nitrogens with zero attached hydrogens (tertiary/aromatic N) is 2. The first kappa shape index (κ1) is 11.9. The van der Waals surface area contributed by atoms with Crippen molar-refractivity contribution < 1.29 is 14.5 Å². The van der Waals surface area contributed by atoms with Crippen LogP contribution in [0.25, 0.3) is 0 Å². The first-order valence-corrected chi connectivity index (χ1v) is 4.41. The first-order chi connectivity index (χ1) is 7.47. The molecule has 0 aliphatic carbocycles. The van der Waals surface area contributed by atoms with Crippen molar-refractivity contribution in [3.8, 4) is 0 Å². The zero-order chi connectivity index (χ0) is 12.3. The van der Waals surface area contributed by atoms with E-state index < -0.39 is 22.5 Å². The number of esters is 1. The molecule has 1 unspecified atom stereocenters. The fraction of sp³-hybridized carbons (Fsp3) is 0.333. The lowest BCUT2D eigenvalue weighted by Gasteiger charge is -2.11. The van der Waals surface area contributed by atoms with E-state index in [-0.39, 0.29) is 5.69 Å². The molecule has 0 saturated carbocycles. The molecule has 7 heteroatoms. The largest absolute Gasteiger partial charge is 0.467 e. The number of hydrogen-bond acceptors (Lipinski definition) is 5. The smallest absolute Gasteiger partial charge is 0.328 e. The van der Waals surface area contributed by atoms with Gasteiger partial charge in [0.05, 0.1) is 18.2 Å². The Hall–Kier alpha value is -2.18. The van der Waals surface area contributed by atoms with E-state index >= 15 is 0 Å². The SMILES string of the molecule is COC(=O)C(C)n1cc([N+](=O)[O-])ccc1=O. The van der Waals surface area contributed by atoms with Gasteiger partial charge in [-0.3, -0.25) is 19.5 Å². The predicted octanol–water partition coefficient (Wildman–Crippen LogP) is 0.490. The summed E-state index contributed by atoms with van der Waals surface area (Å²) < 4.78 is 5.42. The van der Waals surface area contributed by atoms with Crippen molar-refractivity contribution in [1.29, 1.82) is 0 Å². The number of hydrogen-bond donors (Lipinski definition) is 0. The molecule has 0 fully saturated rings. The second-order valence-corrected chi connectivity index (χ2v) is 3.09. The maximum atomic E-state index is 11.4.